The molecule has 1 fully saturated rings. The van der Waals surface area contributed by atoms with E-state index in [1.807, 2.05) is 68.1 Å². The summed E-state index contributed by atoms with van der Waals surface area (Å²) in [5, 5.41) is 6.01. The second-order valence-corrected chi connectivity index (χ2v) is 7.63. The van der Waals surface area contributed by atoms with Gasteiger partial charge < -0.3 is 15.5 Å². The van der Waals surface area contributed by atoms with E-state index in [2.05, 4.69) is 10.6 Å². The van der Waals surface area contributed by atoms with Crippen molar-refractivity contribution in [1.82, 2.24) is 10.2 Å². The first-order valence-electron chi connectivity index (χ1n) is 9.98. The molecule has 1 atom stereocenters. The number of nitrogens with one attached hydrogen (secondary N) is 2. The molecule has 1 aliphatic heterocycles. The molecular weight excluding hydrogens is 350 g/mol. The topological polar surface area (TPSA) is 61.4 Å². The van der Waals surface area contributed by atoms with Crippen molar-refractivity contribution in [2.75, 3.05) is 18.4 Å². The third kappa shape index (κ3) is 4.19. The van der Waals surface area contributed by atoms with Crippen molar-refractivity contribution in [1.29, 1.82) is 0 Å². The summed E-state index contributed by atoms with van der Waals surface area (Å²) in [6, 6.07) is 15.2. The van der Waals surface area contributed by atoms with Gasteiger partial charge in [-0.15, -0.1) is 0 Å². The van der Waals surface area contributed by atoms with E-state index in [1.165, 1.54) is 0 Å². The zero-order valence-corrected chi connectivity index (χ0v) is 16.9. The third-order valence-electron chi connectivity index (χ3n) is 5.64. The van der Waals surface area contributed by atoms with Gasteiger partial charge in [-0.05, 0) is 50.3 Å². The van der Waals surface area contributed by atoms with E-state index in [-0.39, 0.29) is 11.9 Å². The highest BCUT2D eigenvalue weighted by molar-refractivity contribution is 6.04. The Morgan fingerprint density at radius 2 is 1.71 bits per heavy atom. The van der Waals surface area contributed by atoms with Crippen molar-refractivity contribution < 1.29 is 9.59 Å². The first-order valence-corrected chi connectivity index (χ1v) is 9.98. The normalized spacial score (nSPS) is 15.8. The summed E-state index contributed by atoms with van der Waals surface area (Å²) in [4.78, 5) is 27.7. The van der Waals surface area contributed by atoms with Gasteiger partial charge in [0, 0.05) is 13.1 Å². The maximum Gasteiger partial charge on any atom is 0.319 e. The molecule has 0 aromatic heterocycles. The molecular formula is C23H29N3O2. The molecule has 148 valence electrons. The van der Waals surface area contributed by atoms with Crippen LogP contribution in [0, 0.1) is 6.92 Å². The molecule has 1 aliphatic rings. The van der Waals surface area contributed by atoms with Gasteiger partial charge in [-0.25, -0.2) is 4.79 Å². The highest BCUT2D eigenvalue weighted by Gasteiger charge is 2.28. The van der Waals surface area contributed by atoms with Gasteiger partial charge in [-0.1, -0.05) is 49.4 Å². The van der Waals surface area contributed by atoms with Crippen molar-refractivity contribution in [3.8, 4) is 0 Å². The Hall–Kier alpha value is -2.82. The molecule has 0 radical (unpaired) electrons. The zero-order valence-electron chi connectivity index (χ0n) is 16.9. The number of carbonyl (C=O) groups excluding carboxylic acids is 2. The number of amides is 3. The van der Waals surface area contributed by atoms with Crippen LogP contribution in [0.25, 0.3) is 0 Å². The monoisotopic (exact) mass is 379 g/mol. The Morgan fingerprint density at radius 1 is 1.04 bits per heavy atom. The number of urea groups is 1. The number of hydrogen-bond donors (Lipinski definition) is 2. The zero-order chi connectivity index (χ0) is 20.1. The molecule has 2 N–H and O–H groups in total. The molecule has 0 aliphatic carbocycles. The maximum absolute atomic E-state index is 13.0. The molecule has 1 heterocycles. The molecule has 3 rings (SSSR count). The number of aryl methyl sites for hydroxylation is 1. The van der Waals surface area contributed by atoms with E-state index in [0.717, 1.165) is 43.5 Å². The summed E-state index contributed by atoms with van der Waals surface area (Å²) in [6.45, 7) is 7.52. The van der Waals surface area contributed by atoms with E-state index in [0.29, 0.717) is 11.3 Å². The lowest BCUT2D eigenvalue weighted by Gasteiger charge is -2.30. The van der Waals surface area contributed by atoms with Crippen LogP contribution in [0.5, 0.6) is 0 Å². The molecule has 0 saturated carbocycles. The van der Waals surface area contributed by atoms with Crippen LogP contribution in [-0.2, 0) is 5.54 Å². The quantitative estimate of drug-likeness (QED) is 0.792. The molecule has 1 unspecified atom stereocenters. The SMILES string of the molecule is CCC(C)(NC(=O)Nc1cccc(C)c1C(=O)N1CCCC1)c1ccccc1. The van der Waals surface area contributed by atoms with E-state index in [1.54, 1.807) is 6.07 Å². The Kier molecular flexibility index (Phi) is 6.02. The maximum atomic E-state index is 13.0. The fourth-order valence-electron chi connectivity index (χ4n) is 3.71. The van der Waals surface area contributed by atoms with Crippen molar-refractivity contribution >= 4 is 17.6 Å². The lowest BCUT2D eigenvalue weighted by atomic mass is 9.89. The van der Waals surface area contributed by atoms with Gasteiger partial charge >= 0.3 is 6.03 Å². The number of likely N-dealkylation sites (tertiary alicyclic amines) is 1. The second kappa shape index (κ2) is 8.46. The van der Waals surface area contributed by atoms with Crippen LogP contribution in [0.1, 0.15) is 54.6 Å². The molecule has 5 nitrogen and oxygen atoms in total. The lowest BCUT2D eigenvalue weighted by Crippen LogP contribution is -2.45. The minimum Gasteiger partial charge on any atom is -0.339 e. The second-order valence-electron chi connectivity index (χ2n) is 7.63. The first-order chi connectivity index (χ1) is 13.4. The van der Waals surface area contributed by atoms with Gasteiger partial charge in [-0.3, -0.25) is 4.79 Å². The van der Waals surface area contributed by atoms with E-state index < -0.39 is 5.54 Å². The Bertz CT molecular complexity index is 844. The van der Waals surface area contributed by atoms with E-state index in [9.17, 15) is 9.59 Å². The van der Waals surface area contributed by atoms with Gasteiger partial charge in [0.05, 0.1) is 16.8 Å². The highest BCUT2D eigenvalue weighted by atomic mass is 16.2. The number of carbonyl (C=O) groups is 2. The molecule has 0 spiro atoms. The van der Waals surface area contributed by atoms with Gasteiger partial charge in [0.2, 0.25) is 0 Å². The summed E-state index contributed by atoms with van der Waals surface area (Å²) >= 11 is 0. The fourth-order valence-corrected chi connectivity index (χ4v) is 3.71. The number of hydrogen-bond acceptors (Lipinski definition) is 2. The highest BCUT2D eigenvalue weighted by Crippen LogP contribution is 2.26. The summed E-state index contributed by atoms with van der Waals surface area (Å²) in [7, 11) is 0. The van der Waals surface area contributed by atoms with Crippen LogP contribution in [0.2, 0.25) is 0 Å². The summed E-state index contributed by atoms with van der Waals surface area (Å²) in [5.41, 5.74) is 2.56. The van der Waals surface area contributed by atoms with Crippen molar-refractivity contribution in [3.63, 3.8) is 0 Å². The van der Waals surface area contributed by atoms with Crippen LogP contribution >= 0.6 is 0 Å². The Balaban J connectivity index is 1.80. The largest absolute Gasteiger partial charge is 0.339 e. The van der Waals surface area contributed by atoms with Crippen LogP contribution in [0.4, 0.5) is 10.5 Å². The Labute approximate surface area is 167 Å². The molecule has 28 heavy (non-hydrogen) atoms. The number of rotatable bonds is 5. The molecule has 0 bridgehead atoms. The lowest BCUT2D eigenvalue weighted by molar-refractivity contribution is 0.0793. The molecule has 5 heteroatoms. The van der Waals surface area contributed by atoms with Crippen molar-refractivity contribution in [3.05, 3.63) is 65.2 Å². The third-order valence-corrected chi connectivity index (χ3v) is 5.64. The van der Waals surface area contributed by atoms with Gasteiger partial charge in [0.25, 0.3) is 5.91 Å². The number of nitrogens with zero attached hydrogens (tertiary/aromatic N) is 1. The fraction of sp³-hybridized carbons (Fsp3) is 0.391. The Morgan fingerprint density at radius 3 is 2.36 bits per heavy atom. The minimum atomic E-state index is -0.492. The van der Waals surface area contributed by atoms with Gasteiger partial charge in [-0.2, -0.15) is 0 Å². The average Bonchev–Trinajstić information content (AvgIpc) is 3.23. The average molecular weight is 380 g/mol. The van der Waals surface area contributed by atoms with Crippen LogP contribution in [-0.4, -0.2) is 29.9 Å². The predicted octanol–water partition coefficient (Wildman–Crippen LogP) is 4.68. The van der Waals surface area contributed by atoms with Crippen LogP contribution in [0.15, 0.2) is 48.5 Å². The smallest absolute Gasteiger partial charge is 0.319 e. The summed E-state index contributed by atoms with van der Waals surface area (Å²) in [5.74, 6) is -0.00721. The number of benzene rings is 2. The van der Waals surface area contributed by atoms with Crippen LogP contribution in [0.3, 0.4) is 0 Å². The van der Waals surface area contributed by atoms with Gasteiger partial charge in [0.15, 0.2) is 0 Å². The first kappa shape index (κ1) is 19.9. The molecule has 2 aromatic carbocycles. The standard InChI is InChI=1S/C23H29N3O2/c1-4-23(3,18-12-6-5-7-13-18)25-22(28)24-19-14-10-11-17(2)20(19)21(27)26-15-8-9-16-26/h5-7,10-14H,4,8-9,15-16H2,1-3H3,(H2,24,25,28). The van der Waals surface area contributed by atoms with E-state index in [4.69, 9.17) is 0 Å². The molecule has 2 aromatic rings. The molecule has 1 saturated heterocycles. The minimum absolute atomic E-state index is 0.00721. The summed E-state index contributed by atoms with van der Waals surface area (Å²) in [6.07, 6.45) is 2.82. The predicted molar refractivity (Wildman–Crippen MR) is 113 cm³/mol. The van der Waals surface area contributed by atoms with Crippen molar-refractivity contribution in [2.24, 2.45) is 0 Å². The summed E-state index contributed by atoms with van der Waals surface area (Å²) < 4.78 is 0. The van der Waals surface area contributed by atoms with E-state index >= 15 is 0 Å². The van der Waals surface area contributed by atoms with Gasteiger partial charge in [0.1, 0.15) is 0 Å². The molecule has 3 amide bonds. The van der Waals surface area contributed by atoms with Crippen LogP contribution < -0.4 is 10.6 Å². The number of anilines is 1. The van der Waals surface area contributed by atoms with Crippen molar-refractivity contribution in [2.45, 2.75) is 45.6 Å².